The molecule has 0 radical (unpaired) electrons. The number of aliphatic hydroxyl groups excluding tert-OH is 1. The molecule has 0 spiro atoms. The van der Waals surface area contributed by atoms with E-state index in [9.17, 15) is 9.90 Å². The molecular weight excluding hydrogens is 468 g/mol. The molecule has 3 aromatic heterocycles. The molecule has 10 heteroatoms. The Morgan fingerprint density at radius 1 is 1.11 bits per heavy atom. The summed E-state index contributed by atoms with van der Waals surface area (Å²) in [7, 11) is 0. The minimum absolute atomic E-state index is 0.0583. The van der Waals surface area contributed by atoms with E-state index < -0.39 is 0 Å². The third-order valence-corrected chi connectivity index (χ3v) is 7.07. The Morgan fingerprint density at radius 2 is 1.95 bits per heavy atom. The highest BCUT2D eigenvalue weighted by molar-refractivity contribution is 5.77. The molecule has 37 heavy (non-hydrogen) atoms. The van der Waals surface area contributed by atoms with Crippen molar-refractivity contribution in [1.29, 1.82) is 0 Å². The fourth-order valence-corrected chi connectivity index (χ4v) is 5.08. The van der Waals surface area contributed by atoms with Crippen LogP contribution in [0, 0.1) is 0 Å². The lowest BCUT2D eigenvalue weighted by atomic mass is 10.1. The van der Waals surface area contributed by atoms with Crippen LogP contribution in [0.3, 0.4) is 0 Å². The number of anilines is 3. The molecule has 1 aromatic carbocycles. The van der Waals surface area contributed by atoms with Crippen molar-refractivity contribution < 1.29 is 5.11 Å². The molecule has 2 aliphatic rings. The maximum Gasteiger partial charge on any atom is 0.278 e. The van der Waals surface area contributed by atoms with Gasteiger partial charge in [0.1, 0.15) is 5.39 Å². The maximum absolute atomic E-state index is 13.0. The molecule has 1 aliphatic carbocycles. The van der Waals surface area contributed by atoms with Gasteiger partial charge in [-0.25, -0.2) is 19.3 Å². The zero-order chi connectivity index (χ0) is 25.4. The summed E-state index contributed by atoms with van der Waals surface area (Å²) in [4.78, 5) is 31.5. The third kappa shape index (κ3) is 4.49. The first kappa shape index (κ1) is 23.4. The van der Waals surface area contributed by atoms with Crippen molar-refractivity contribution in [2.75, 3.05) is 36.4 Å². The molecule has 0 atom stereocenters. The Kier molecular flexibility index (Phi) is 6.19. The second kappa shape index (κ2) is 9.79. The number of allylic oxidation sites excluding steroid dienone is 1. The van der Waals surface area contributed by atoms with Crippen molar-refractivity contribution in [2.24, 2.45) is 0 Å². The molecule has 4 aromatic rings. The molecule has 4 heterocycles. The Balaban J connectivity index is 1.29. The summed E-state index contributed by atoms with van der Waals surface area (Å²) >= 11 is 0. The van der Waals surface area contributed by atoms with Gasteiger partial charge in [-0.15, -0.1) is 6.58 Å². The predicted octanol–water partition coefficient (Wildman–Crippen LogP) is 2.68. The van der Waals surface area contributed by atoms with Crippen molar-refractivity contribution in [3.05, 3.63) is 77.4 Å². The van der Waals surface area contributed by atoms with Crippen LogP contribution in [0.15, 0.2) is 66.2 Å². The number of nitrogens with one attached hydrogen (secondary N) is 1. The lowest BCUT2D eigenvalue weighted by molar-refractivity contribution is 0.246. The normalized spacial score (nSPS) is 16.3. The fraction of sp³-hybridized carbons (Fsp3) is 0.333. The van der Waals surface area contributed by atoms with E-state index in [0.29, 0.717) is 29.3 Å². The topological polar surface area (TPSA) is 104 Å². The second-order valence-electron chi connectivity index (χ2n) is 9.49. The van der Waals surface area contributed by atoms with Crippen molar-refractivity contribution >= 4 is 28.4 Å². The van der Waals surface area contributed by atoms with Crippen LogP contribution in [-0.2, 0) is 13.2 Å². The van der Waals surface area contributed by atoms with Crippen LogP contribution in [-0.4, -0.2) is 66.5 Å². The fourth-order valence-electron chi connectivity index (χ4n) is 5.08. The Morgan fingerprint density at radius 3 is 2.65 bits per heavy atom. The smallest absolute Gasteiger partial charge is 0.278 e. The van der Waals surface area contributed by atoms with Gasteiger partial charge in [-0.2, -0.15) is 4.98 Å². The lowest BCUT2D eigenvalue weighted by Crippen LogP contribution is -2.47. The number of rotatable bonds is 8. The number of hydrogen-bond donors (Lipinski definition) is 2. The van der Waals surface area contributed by atoms with Crippen LogP contribution in [0.4, 0.5) is 17.3 Å². The second-order valence-corrected chi connectivity index (χ2v) is 9.49. The van der Waals surface area contributed by atoms with Crippen LogP contribution in [0.1, 0.15) is 18.4 Å². The van der Waals surface area contributed by atoms with Gasteiger partial charge in [0.25, 0.3) is 5.56 Å². The van der Waals surface area contributed by atoms with E-state index in [1.54, 1.807) is 21.6 Å². The first-order valence-corrected chi connectivity index (χ1v) is 12.7. The van der Waals surface area contributed by atoms with Crippen LogP contribution >= 0.6 is 0 Å². The number of aromatic nitrogens is 5. The average Bonchev–Trinajstić information content (AvgIpc) is 3.75. The number of piperazine rings is 1. The highest BCUT2D eigenvalue weighted by atomic mass is 16.3. The number of nitrogens with zero attached hydrogens (tertiary/aromatic N) is 7. The Bertz CT molecular complexity index is 1480. The number of fused-ring (bicyclic) bond motifs is 1. The van der Waals surface area contributed by atoms with Crippen molar-refractivity contribution in [3.8, 4) is 5.82 Å². The molecule has 190 valence electrons. The molecule has 1 saturated heterocycles. The summed E-state index contributed by atoms with van der Waals surface area (Å²) in [6.45, 7) is 8.08. The monoisotopic (exact) mass is 498 g/mol. The van der Waals surface area contributed by atoms with E-state index in [4.69, 9.17) is 0 Å². The molecule has 0 amide bonds. The molecule has 0 unspecified atom stereocenters. The zero-order valence-electron chi connectivity index (χ0n) is 20.6. The quantitative estimate of drug-likeness (QED) is 0.358. The van der Waals surface area contributed by atoms with Crippen molar-refractivity contribution in [3.63, 3.8) is 0 Å². The van der Waals surface area contributed by atoms with E-state index in [0.717, 1.165) is 49.2 Å². The largest absolute Gasteiger partial charge is 0.392 e. The third-order valence-electron chi connectivity index (χ3n) is 7.07. The Labute approximate surface area is 214 Å². The Hall–Kier alpha value is -4.02. The highest BCUT2D eigenvalue weighted by Gasteiger charge is 2.31. The van der Waals surface area contributed by atoms with E-state index >= 15 is 0 Å². The van der Waals surface area contributed by atoms with Gasteiger partial charge in [0.15, 0.2) is 11.5 Å². The van der Waals surface area contributed by atoms with E-state index in [1.165, 1.54) is 19.0 Å². The summed E-state index contributed by atoms with van der Waals surface area (Å²) in [5.74, 6) is 0.928. The minimum Gasteiger partial charge on any atom is -0.392 e. The van der Waals surface area contributed by atoms with Crippen LogP contribution in [0.2, 0.25) is 0 Å². The summed E-state index contributed by atoms with van der Waals surface area (Å²) in [5.41, 5.74) is 2.93. The summed E-state index contributed by atoms with van der Waals surface area (Å²) in [5, 5.41) is 13.8. The van der Waals surface area contributed by atoms with Crippen LogP contribution < -0.4 is 15.8 Å². The van der Waals surface area contributed by atoms with Gasteiger partial charge in [-0.05, 0) is 43.2 Å². The van der Waals surface area contributed by atoms with Gasteiger partial charge in [0, 0.05) is 61.6 Å². The highest BCUT2D eigenvalue weighted by Crippen LogP contribution is 2.31. The van der Waals surface area contributed by atoms with Crippen LogP contribution in [0.5, 0.6) is 0 Å². The molecule has 2 fully saturated rings. The number of aliphatic hydroxyl groups is 1. The molecular formula is C27H30N8O2. The first-order valence-electron chi connectivity index (χ1n) is 12.7. The molecule has 2 N–H and O–H groups in total. The number of benzene rings is 1. The van der Waals surface area contributed by atoms with E-state index in [-0.39, 0.29) is 12.2 Å². The predicted molar refractivity (Wildman–Crippen MR) is 144 cm³/mol. The van der Waals surface area contributed by atoms with Gasteiger partial charge in [0.05, 0.1) is 13.2 Å². The van der Waals surface area contributed by atoms with Crippen molar-refractivity contribution in [1.82, 2.24) is 29.2 Å². The molecule has 10 nitrogen and oxygen atoms in total. The molecule has 1 aliphatic heterocycles. The zero-order valence-corrected chi connectivity index (χ0v) is 20.6. The minimum atomic E-state index is -0.208. The standard InChI is InChI=1S/C27H30N8O2/c1-2-11-34-26(37)22-17-29-27(31-25(22)35(34)24-5-3-4-10-28-24)30-20-6-9-23(19(16-20)18-36)33-14-12-32(13-15-33)21-7-8-21/h2-6,9-10,16-17,21,36H,1,7-8,11-15,18H2,(H,29,30,31). The van der Waals surface area contributed by atoms with E-state index in [1.807, 2.05) is 36.4 Å². The number of hydrogen-bond acceptors (Lipinski definition) is 8. The van der Waals surface area contributed by atoms with E-state index in [2.05, 4.69) is 36.6 Å². The van der Waals surface area contributed by atoms with Crippen LogP contribution in [0.25, 0.3) is 16.9 Å². The maximum atomic E-state index is 13.0. The summed E-state index contributed by atoms with van der Waals surface area (Å²) < 4.78 is 3.23. The average molecular weight is 499 g/mol. The van der Waals surface area contributed by atoms with Gasteiger partial charge in [-0.3, -0.25) is 9.69 Å². The summed E-state index contributed by atoms with van der Waals surface area (Å²) in [6, 6.07) is 12.2. The van der Waals surface area contributed by atoms with Gasteiger partial charge >= 0.3 is 0 Å². The van der Waals surface area contributed by atoms with Crippen molar-refractivity contribution in [2.45, 2.75) is 32.0 Å². The summed E-state index contributed by atoms with van der Waals surface area (Å²) in [6.07, 6.45) is 7.52. The van der Waals surface area contributed by atoms with Gasteiger partial charge < -0.3 is 15.3 Å². The van der Waals surface area contributed by atoms with Gasteiger partial charge in [-0.1, -0.05) is 12.1 Å². The lowest BCUT2D eigenvalue weighted by Gasteiger charge is -2.37. The number of pyridine rings is 1. The molecule has 1 saturated carbocycles. The molecule has 6 rings (SSSR count). The molecule has 0 bridgehead atoms. The van der Waals surface area contributed by atoms with Gasteiger partial charge in [0.2, 0.25) is 5.95 Å². The SMILES string of the molecule is C=CCn1c(=O)c2cnc(Nc3ccc(N4CCN(C5CC5)CC4)c(CO)c3)nc2n1-c1ccccn1. The first-order chi connectivity index (χ1) is 18.2.